The number of aliphatic carboxylic acids is 1. The molecule has 0 aliphatic heterocycles. The second-order valence-electron chi connectivity index (χ2n) is 3.87. The lowest BCUT2D eigenvalue weighted by Crippen LogP contribution is -2.00. The molecule has 2 N–H and O–H groups in total. The molecule has 0 unspecified atom stereocenters. The molecule has 1 heterocycles. The molecule has 2 rings (SSSR count). The molecular weight excluding hydrogens is 278 g/mol. The molecule has 0 spiro atoms. The number of ether oxygens (including phenoxy) is 1. The molecule has 0 radical (unpaired) electrons. The van der Waals surface area contributed by atoms with Gasteiger partial charge in [0.25, 0.3) is 0 Å². The average molecular weight is 289 g/mol. The van der Waals surface area contributed by atoms with Crippen molar-refractivity contribution in [2.75, 3.05) is 12.4 Å². The molecule has 2 aromatic rings. The van der Waals surface area contributed by atoms with E-state index in [0.29, 0.717) is 27.8 Å². The highest BCUT2D eigenvalue weighted by Crippen LogP contribution is 2.29. The Hall–Kier alpha value is -2.59. The highest BCUT2D eigenvalue weighted by molar-refractivity contribution is 7.13. The summed E-state index contributed by atoms with van der Waals surface area (Å²) in [5, 5.41) is 22.8. The van der Waals surface area contributed by atoms with Gasteiger partial charge in [0.1, 0.15) is 5.75 Å². The fourth-order valence-electron chi connectivity index (χ4n) is 1.58. The van der Waals surface area contributed by atoms with Crippen LogP contribution in [0, 0.1) is 11.3 Å². The number of aromatic nitrogens is 1. The van der Waals surface area contributed by atoms with Gasteiger partial charge in [-0.2, -0.15) is 5.26 Å². The largest absolute Gasteiger partial charge is 0.495 e. The van der Waals surface area contributed by atoms with Gasteiger partial charge in [-0.15, -0.1) is 11.3 Å². The quantitative estimate of drug-likeness (QED) is 0.877. The Bertz CT molecular complexity index is 676. The summed E-state index contributed by atoms with van der Waals surface area (Å²) in [5.74, 6) is -0.392. The summed E-state index contributed by atoms with van der Waals surface area (Å²) in [6.45, 7) is 0. The normalized spacial score (nSPS) is 9.80. The Morgan fingerprint density at radius 1 is 1.60 bits per heavy atom. The van der Waals surface area contributed by atoms with E-state index < -0.39 is 5.97 Å². The number of carboxylic acid groups (broad SMARTS) is 1. The van der Waals surface area contributed by atoms with E-state index in [2.05, 4.69) is 10.3 Å². The maximum Gasteiger partial charge on any atom is 0.309 e. The first-order valence-electron chi connectivity index (χ1n) is 5.63. The van der Waals surface area contributed by atoms with Gasteiger partial charge in [0.05, 0.1) is 36.5 Å². The van der Waals surface area contributed by atoms with Crippen molar-refractivity contribution in [3.63, 3.8) is 0 Å². The van der Waals surface area contributed by atoms with Crippen LogP contribution in [-0.2, 0) is 11.2 Å². The number of nitriles is 1. The molecule has 0 aliphatic rings. The number of anilines is 2. The number of rotatable bonds is 5. The topological polar surface area (TPSA) is 95.2 Å². The van der Waals surface area contributed by atoms with Crippen LogP contribution in [0.25, 0.3) is 0 Å². The van der Waals surface area contributed by atoms with Crippen LogP contribution in [0.4, 0.5) is 10.8 Å². The first-order valence-corrected chi connectivity index (χ1v) is 6.51. The summed E-state index contributed by atoms with van der Waals surface area (Å²) >= 11 is 1.31. The van der Waals surface area contributed by atoms with Gasteiger partial charge in [0.2, 0.25) is 0 Å². The lowest BCUT2D eigenvalue weighted by molar-refractivity contribution is -0.136. The fraction of sp³-hybridized carbons (Fsp3) is 0.154. The number of hydrogen-bond acceptors (Lipinski definition) is 6. The summed E-state index contributed by atoms with van der Waals surface area (Å²) < 4.78 is 5.20. The lowest BCUT2D eigenvalue weighted by atomic mass is 10.2. The molecular formula is C13H11N3O3S. The van der Waals surface area contributed by atoms with Crippen LogP contribution in [0.2, 0.25) is 0 Å². The van der Waals surface area contributed by atoms with Gasteiger partial charge in [0.15, 0.2) is 5.13 Å². The van der Waals surface area contributed by atoms with Crippen molar-refractivity contribution in [2.24, 2.45) is 0 Å². The number of nitrogens with zero attached hydrogens (tertiary/aromatic N) is 2. The van der Waals surface area contributed by atoms with Gasteiger partial charge in [-0.1, -0.05) is 0 Å². The number of thiazole rings is 1. The molecule has 6 nitrogen and oxygen atoms in total. The molecule has 7 heteroatoms. The predicted octanol–water partition coefficient (Wildman–Crippen LogP) is 2.39. The maximum atomic E-state index is 10.6. The highest BCUT2D eigenvalue weighted by atomic mass is 32.1. The predicted molar refractivity (Wildman–Crippen MR) is 74.4 cm³/mol. The van der Waals surface area contributed by atoms with Gasteiger partial charge in [-0.25, -0.2) is 4.98 Å². The van der Waals surface area contributed by atoms with E-state index >= 15 is 0 Å². The van der Waals surface area contributed by atoms with Crippen LogP contribution in [0.15, 0.2) is 23.6 Å². The molecule has 0 bridgehead atoms. The Morgan fingerprint density at radius 3 is 3.05 bits per heavy atom. The van der Waals surface area contributed by atoms with Crippen LogP contribution < -0.4 is 10.1 Å². The van der Waals surface area contributed by atoms with E-state index in [1.54, 1.807) is 23.6 Å². The van der Waals surface area contributed by atoms with E-state index in [9.17, 15) is 4.79 Å². The first kappa shape index (κ1) is 13.8. The molecule has 20 heavy (non-hydrogen) atoms. The summed E-state index contributed by atoms with van der Waals surface area (Å²) in [5.41, 5.74) is 1.67. The molecule has 0 saturated heterocycles. The fourth-order valence-corrected chi connectivity index (χ4v) is 2.30. The van der Waals surface area contributed by atoms with Crippen molar-refractivity contribution in [3.05, 3.63) is 34.8 Å². The molecule has 1 aromatic carbocycles. The van der Waals surface area contributed by atoms with Crippen LogP contribution in [0.1, 0.15) is 11.3 Å². The van der Waals surface area contributed by atoms with Gasteiger partial charge < -0.3 is 15.2 Å². The van der Waals surface area contributed by atoms with Crippen molar-refractivity contribution < 1.29 is 14.6 Å². The zero-order valence-corrected chi connectivity index (χ0v) is 11.4. The molecule has 0 amide bonds. The summed E-state index contributed by atoms with van der Waals surface area (Å²) in [7, 11) is 1.51. The standard InChI is InChI=1S/C13H11N3O3S/c1-19-11-4-8(6-14)2-3-10(11)16-13-15-9(7-20-13)5-12(17)18/h2-4,7H,5H2,1H3,(H,15,16)(H,17,18). The SMILES string of the molecule is COc1cc(C#N)ccc1Nc1nc(CC(=O)O)cs1. The Kier molecular flexibility index (Phi) is 4.17. The molecule has 0 saturated carbocycles. The van der Waals surface area contributed by atoms with E-state index in [-0.39, 0.29) is 6.42 Å². The minimum atomic E-state index is -0.919. The molecule has 102 valence electrons. The summed E-state index contributed by atoms with van der Waals surface area (Å²) in [4.78, 5) is 14.8. The number of methoxy groups -OCH3 is 1. The Balaban J connectivity index is 2.19. The van der Waals surface area contributed by atoms with Crippen molar-refractivity contribution in [3.8, 4) is 11.8 Å². The van der Waals surface area contributed by atoms with Crippen LogP contribution in [0.5, 0.6) is 5.75 Å². The van der Waals surface area contributed by atoms with Gasteiger partial charge in [0, 0.05) is 11.4 Å². The molecule has 0 atom stereocenters. The number of benzene rings is 1. The Labute approximate surface area is 119 Å². The van der Waals surface area contributed by atoms with Gasteiger partial charge in [-0.3, -0.25) is 4.79 Å². The number of carbonyl (C=O) groups is 1. The van der Waals surface area contributed by atoms with Gasteiger partial charge >= 0.3 is 5.97 Å². The third-order valence-corrected chi connectivity index (χ3v) is 3.26. The van der Waals surface area contributed by atoms with Crippen molar-refractivity contribution in [1.82, 2.24) is 4.98 Å². The van der Waals surface area contributed by atoms with E-state index in [4.69, 9.17) is 15.1 Å². The third-order valence-electron chi connectivity index (χ3n) is 2.46. The summed E-state index contributed by atoms with van der Waals surface area (Å²) in [6.07, 6.45) is -0.108. The summed E-state index contributed by atoms with van der Waals surface area (Å²) in [6, 6.07) is 7.03. The van der Waals surface area contributed by atoms with Crippen molar-refractivity contribution in [1.29, 1.82) is 5.26 Å². The number of nitrogens with one attached hydrogen (secondary N) is 1. The van der Waals surface area contributed by atoms with Crippen molar-refractivity contribution in [2.45, 2.75) is 6.42 Å². The van der Waals surface area contributed by atoms with Crippen molar-refractivity contribution >= 4 is 28.1 Å². The minimum absolute atomic E-state index is 0.108. The van der Waals surface area contributed by atoms with E-state index in [0.717, 1.165) is 0 Å². The monoisotopic (exact) mass is 289 g/mol. The highest BCUT2D eigenvalue weighted by Gasteiger charge is 2.09. The average Bonchev–Trinajstić information content (AvgIpc) is 2.85. The second kappa shape index (κ2) is 6.04. The third kappa shape index (κ3) is 3.24. The van der Waals surface area contributed by atoms with Crippen LogP contribution >= 0.6 is 11.3 Å². The van der Waals surface area contributed by atoms with Crippen LogP contribution in [0.3, 0.4) is 0 Å². The van der Waals surface area contributed by atoms with E-state index in [1.165, 1.54) is 18.4 Å². The zero-order valence-electron chi connectivity index (χ0n) is 10.6. The zero-order chi connectivity index (χ0) is 14.5. The molecule has 0 aliphatic carbocycles. The second-order valence-corrected chi connectivity index (χ2v) is 4.72. The molecule has 0 fully saturated rings. The van der Waals surface area contributed by atoms with Gasteiger partial charge in [-0.05, 0) is 12.1 Å². The minimum Gasteiger partial charge on any atom is -0.495 e. The van der Waals surface area contributed by atoms with E-state index in [1.807, 2.05) is 6.07 Å². The van der Waals surface area contributed by atoms with Crippen LogP contribution in [-0.4, -0.2) is 23.2 Å². The molecule has 1 aromatic heterocycles. The Morgan fingerprint density at radius 2 is 2.40 bits per heavy atom. The maximum absolute atomic E-state index is 10.6. The first-order chi connectivity index (χ1) is 9.62. The smallest absolute Gasteiger partial charge is 0.309 e. The lowest BCUT2D eigenvalue weighted by Gasteiger charge is -2.08. The number of carboxylic acids is 1. The number of hydrogen-bond donors (Lipinski definition) is 2.